The fraction of sp³-hybridized carbons (Fsp3) is 0.227. The summed E-state index contributed by atoms with van der Waals surface area (Å²) in [6.07, 6.45) is 1.65. The molecule has 2 aromatic rings. The summed E-state index contributed by atoms with van der Waals surface area (Å²) in [6.45, 7) is -0.651. The average Bonchev–Trinajstić information content (AvgIpc) is 2.78. The first-order chi connectivity index (χ1) is 16.2. The number of nitrogens with zero attached hydrogens (tertiary/aromatic N) is 1. The lowest BCUT2D eigenvalue weighted by Gasteiger charge is -2.11. The van der Waals surface area contributed by atoms with E-state index in [0.29, 0.717) is 28.6 Å². The number of anilines is 2. The van der Waals surface area contributed by atoms with Crippen molar-refractivity contribution in [1.29, 1.82) is 0 Å². The fourth-order valence-corrected chi connectivity index (χ4v) is 3.46. The maximum Gasteiger partial charge on any atom is 0.573 e. The number of thioether (sulfide) groups is 1. The number of halogens is 3. The Bertz CT molecular complexity index is 1030. The van der Waals surface area contributed by atoms with Crippen molar-refractivity contribution in [3.8, 4) is 5.75 Å². The van der Waals surface area contributed by atoms with E-state index >= 15 is 0 Å². The highest BCUT2D eigenvalue weighted by Crippen LogP contribution is 2.24. The number of hydrogen-bond acceptors (Lipinski definition) is 7. The van der Waals surface area contributed by atoms with Crippen LogP contribution in [-0.2, 0) is 15.3 Å². The van der Waals surface area contributed by atoms with E-state index in [2.05, 4.69) is 25.7 Å². The van der Waals surface area contributed by atoms with Crippen LogP contribution < -0.4 is 20.7 Å². The van der Waals surface area contributed by atoms with E-state index in [-0.39, 0.29) is 5.75 Å². The largest absolute Gasteiger partial charge is 0.573 e. The van der Waals surface area contributed by atoms with Crippen molar-refractivity contribution in [3.05, 3.63) is 72.1 Å². The first-order valence-corrected chi connectivity index (χ1v) is 11.0. The number of pyridine rings is 1. The Morgan fingerprint density at radius 2 is 1.91 bits per heavy atom. The van der Waals surface area contributed by atoms with E-state index in [0.717, 1.165) is 17.7 Å². The predicted molar refractivity (Wildman–Crippen MR) is 124 cm³/mol. The summed E-state index contributed by atoms with van der Waals surface area (Å²) in [5.41, 5.74) is 1.58. The zero-order valence-electron chi connectivity index (χ0n) is 18.1. The van der Waals surface area contributed by atoms with Crippen LogP contribution in [0.3, 0.4) is 0 Å². The van der Waals surface area contributed by atoms with Crippen LogP contribution in [0.25, 0.3) is 0 Å². The van der Waals surface area contributed by atoms with Crippen LogP contribution in [0.4, 0.5) is 24.7 Å². The Hall–Kier alpha value is -3.51. The van der Waals surface area contributed by atoms with Gasteiger partial charge >= 0.3 is 6.36 Å². The summed E-state index contributed by atoms with van der Waals surface area (Å²) in [7, 11) is 1.71. The van der Waals surface area contributed by atoms with Crippen LogP contribution in [0.5, 0.6) is 5.75 Å². The van der Waals surface area contributed by atoms with Crippen molar-refractivity contribution in [2.75, 3.05) is 30.0 Å². The van der Waals surface area contributed by atoms with Crippen molar-refractivity contribution in [2.45, 2.75) is 12.1 Å². The van der Waals surface area contributed by atoms with Crippen molar-refractivity contribution < 1.29 is 32.6 Å². The second kappa shape index (κ2) is 13.3. The lowest BCUT2D eigenvalue weighted by molar-refractivity contribution is -0.274. The molecule has 0 aliphatic heterocycles. The van der Waals surface area contributed by atoms with Crippen molar-refractivity contribution in [1.82, 2.24) is 10.3 Å². The molecule has 0 radical (unpaired) electrons. The highest BCUT2D eigenvalue weighted by atomic mass is 32.2. The van der Waals surface area contributed by atoms with Crippen LogP contribution in [0.2, 0.25) is 0 Å². The van der Waals surface area contributed by atoms with Gasteiger partial charge in [0.1, 0.15) is 18.2 Å². The number of carbonyl (C=O) groups is 2. The molecule has 0 saturated carbocycles. The lowest BCUT2D eigenvalue weighted by atomic mass is 10.2. The number of nitrogens with one attached hydrogen (secondary N) is 3. The van der Waals surface area contributed by atoms with Crippen LogP contribution in [0.15, 0.2) is 66.5 Å². The molecule has 0 bridgehead atoms. The molecule has 0 fully saturated rings. The number of aromatic nitrogens is 1. The third-order valence-corrected chi connectivity index (χ3v) is 5.01. The summed E-state index contributed by atoms with van der Waals surface area (Å²) in [4.78, 5) is 28.0. The molecule has 0 aliphatic rings. The topological polar surface area (TPSA) is 113 Å². The molecule has 0 saturated heterocycles. The number of aliphatic hydroxyl groups is 1. The number of benzene rings is 1. The number of rotatable bonds is 11. The van der Waals surface area contributed by atoms with E-state index in [4.69, 9.17) is 5.11 Å². The van der Waals surface area contributed by atoms with Crippen LogP contribution in [0.1, 0.15) is 5.56 Å². The van der Waals surface area contributed by atoms with Gasteiger partial charge in [0.25, 0.3) is 11.8 Å². The molecule has 1 aromatic heterocycles. The number of aliphatic hydroxyl groups excluding tert-OH is 1. The third kappa shape index (κ3) is 9.96. The number of allylic oxidation sites excluding steroid dienone is 2. The molecule has 4 N–H and O–H groups in total. The van der Waals surface area contributed by atoms with Gasteiger partial charge in [0, 0.05) is 36.0 Å². The molecular formula is C22H23F3N4O4S. The summed E-state index contributed by atoms with van der Waals surface area (Å²) in [5, 5.41) is 16.7. The van der Waals surface area contributed by atoms with Crippen LogP contribution in [-0.4, -0.2) is 47.7 Å². The van der Waals surface area contributed by atoms with E-state index in [1.165, 1.54) is 30.1 Å². The SMILES string of the molecule is CN/C=C\C=C(/CSCc1ccnc(NC(=O)CO)c1)C(=O)Nc1ccc(OC(F)(F)F)cc1. The average molecular weight is 497 g/mol. The maximum absolute atomic E-state index is 12.7. The summed E-state index contributed by atoms with van der Waals surface area (Å²) in [5.74, 6) is -0.234. The standard InChI is InChI=1S/C22H23F3N4O4S/c1-26-9-2-3-16(14-34-13-15-8-10-27-19(11-15)29-20(31)12-30)21(32)28-17-4-6-18(7-5-17)33-22(23,24)25/h2-11,26,30H,12-14H2,1H3,(H,28,32)(H,27,29,31)/b9-2-,16-3+. The fourth-order valence-electron chi connectivity index (χ4n) is 2.49. The molecule has 0 spiro atoms. The first-order valence-electron chi connectivity index (χ1n) is 9.83. The van der Waals surface area contributed by atoms with Gasteiger partial charge in [0.2, 0.25) is 0 Å². The highest BCUT2D eigenvalue weighted by Gasteiger charge is 2.31. The number of amides is 2. The normalized spacial score (nSPS) is 11.9. The molecule has 2 amide bonds. The van der Waals surface area contributed by atoms with E-state index in [1.54, 1.807) is 37.5 Å². The Labute approximate surface area is 198 Å². The minimum Gasteiger partial charge on any atom is -0.406 e. The second-order valence-electron chi connectivity index (χ2n) is 6.61. The highest BCUT2D eigenvalue weighted by molar-refractivity contribution is 7.98. The van der Waals surface area contributed by atoms with Crippen LogP contribution >= 0.6 is 11.8 Å². The molecule has 0 aliphatic carbocycles. The van der Waals surface area contributed by atoms with Gasteiger partial charge in [0.05, 0.1) is 0 Å². The second-order valence-corrected chi connectivity index (χ2v) is 7.60. The van der Waals surface area contributed by atoms with Gasteiger partial charge in [-0.25, -0.2) is 4.98 Å². The van der Waals surface area contributed by atoms with E-state index in [1.807, 2.05) is 0 Å². The third-order valence-electron chi connectivity index (χ3n) is 3.96. The number of alkyl halides is 3. The van der Waals surface area contributed by atoms with E-state index in [9.17, 15) is 22.8 Å². The molecule has 1 heterocycles. The van der Waals surface area contributed by atoms with Gasteiger partial charge in [-0.15, -0.1) is 13.2 Å². The molecule has 2 rings (SSSR count). The summed E-state index contributed by atoms with van der Waals surface area (Å²) >= 11 is 1.44. The zero-order valence-corrected chi connectivity index (χ0v) is 18.9. The molecule has 34 heavy (non-hydrogen) atoms. The van der Waals surface area contributed by atoms with Gasteiger partial charge in [-0.1, -0.05) is 6.08 Å². The number of carbonyl (C=O) groups excluding carboxylic acids is 2. The molecule has 0 unspecified atom stereocenters. The van der Waals surface area contributed by atoms with Gasteiger partial charge in [-0.2, -0.15) is 11.8 Å². The monoisotopic (exact) mass is 496 g/mol. The summed E-state index contributed by atoms with van der Waals surface area (Å²) in [6, 6.07) is 8.27. The predicted octanol–water partition coefficient (Wildman–Crippen LogP) is 3.44. The number of ether oxygens (including phenoxy) is 1. The smallest absolute Gasteiger partial charge is 0.406 e. The van der Waals surface area contributed by atoms with Gasteiger partial charge in [-0.05, 0) is 54.2 Å². The molecule has 8 nitrogen and oxygen atoms in total. The van der Waals surface area contributed by atoms with Gasteiger partial charge < -0.3 is 25.8 Å². The van der Waals surface area contributed by atoms with Crippen LogP contribution in [0, 0.1) is 0 Å². The molecule has 182 valence electrons. The molecular weight excluding hydrogens is 473 g/mol. The maximum atomic E-state index is 12.7. The van der Waals surface area contributed by atoms with Gasteiger partial charge in [-0.3, -0.25) is 9.59 Å². The Balaban J connectivity index is 2.00. The number of hydrogen-bond donors (Lipinski definition) is 4. The first kappa shape index (κ1) is 26.7. The lowest BCUT2D eigenvalue weighted by Crippen LogP contribution is -2.18. The minimum absolute atomic E-state index is 0.306. The quantitative estimate of drug-likeness (QED) is 0.279. The molecule has 12 heteroatoms. The Morgan fingerprint density at radius 3 is 2.56 bits per heavy atom. The Kier molecular flexibility index (Phi) is 10.4. The van der Waals surface area contributed by atoms with E-state index < -0.39 is 24.8 Å². The zero-order chi connectivity index (χ0) is 25.0. The summed E-state index contributed by atoms with van der Waals surface area (Å²) < 4.78 is 40.7. The van der Waals surface area contributed by atoms with Crippen molar-refractivity contribution in [2.24, 2.45) is 0 Å². The molecule has 0 atom stereocenters. The van der Waals surface area contributed by atoms with Crippen molar-refractivity contribution >= 4 is 35.1 Å². The Morgan fingerprint density at radius 1 is 1.18 bits per heavy atom. The molecule has 1 aromatic carbocycles. The van der Waals surface area contributed by atoms with Crippen molar-refractivity contribution in [3.63, 3.8) is 0 Å². The van der Waals surface area contributed by atoms with Gasteiger partial charge in [0.15, 0.2) is 0 Å². The minimum atomic E-state index is -4.79.